The summed E-state index contributed by atoms with van der Waals surface area (Å²) in [6.07, 6.45) is 1.06. The Balaban J connectivity index is 2.54. The van der Waals surface area contributed by atoms with Gasteiger partial charge in [-0.1, -0.05) is 6.07 Å². The van der Waals surface area contributed by atoms with Crippen LogP contribution in [0.15, 0.2) is 12.1 Å². The highest BCUT2D eigenvalue weighted by Gasteiger charge is 2.34. The molecule has 2 rings (SSSR count). The maximum atomic E-state index is 6.03. The van der Waals surface area contributed by atoms with Crippen LogP contribution in [0.2, 0.25) is 0 Å². The van der Waals surface area contributed by atoms with Gasteiger partial charge in [0, 0.05) is 19.1 Å². The van der Waals surface area contributed by atoms with Crippen LogP contribution in [0.3, 0.4) is 0 Å². The van der Waals surface area contributed by atoms with E-state index in [-0.39, 0.29) is 11.7 Å². The van der Waals surface area contributed by atoms with E-state index >= 15 is 0 Å². The fourth-order valence-corrected chi connectivity index (χ4v) is 2.53. The van der Waals surface area contributed by atoms with Gasteiger partial charge in [0.05, 0.1) is 6.10 Å². The number of rotatable bonds is 1. The summed E-state index contributed by atoms with van der Waals surface area (Å²) < 4.78 is 11.6. The lowest BCUT2D eigenvalue weighted by atomic mass is 9.88. The van der Waals surface area contributed by atoms with Crippen LogP contribution in [0, 0.1) is 13.8 Å². The van der Waals surface area contributed by atoms with Crippen molar-refractivity contribution in [3.05, 3.63) is 28.8 Å². The third-order valence-electron chi connectivity index (χ3n) is 3.16. The molecule has 1 aliphatic rings. The van der Waals surface area contributed by atoms with E-state index < -0.39 is 0 Å². The summed E-state index contributed by atoms with van der Waals surface area (Å²) in [6.45, 7) is 8.44. The van der Waals surface area contributed by atoms with E-state index in [4.69, 9.17) is 9.47 Å². The van der Waals surface area contributed by atoms with E-state index in [1.54, 1.807) is 7.11 Å². The first kappa shape index (κ1) is 11.5. The second kappa shape index (κ2) is 3.77. The molecule has 16 heavy (non-hydrogen) atoms. The molecular weight excluding hydrogens is 200 g/mol. The fourth-order valence-electron chi connectivity index (χ4n) is 2.53. The molecule has 1 heterocycles. The Hall–Kier alpha value is -1.02. The van der Waals surface area contributed by atoms with Crippen LogP contribution in [0.5, 0.6) is 5.75 Å². The van der Waals surface area contributed by atoms with E-state index in [0.29, 0.717) is 0 Å². The normalized spacial score (nSPS) is 22.4. The standard InChI is InChI=1S/C14H20O2/c1-9-6-10(2)13-11(7-9)16-14(3,4)8-12(13)15-5/h6-7,12H,8H2,1-5H3. The van der Waals surface area contributed by atoms with Gasteiger partial charge in [0.2, 0.25) is 0 Å². The monoisotopic (exact) mass is 220 g/mol. The lowest BCUT2D eigenvalue weighted by molar-refractivity contribution is -0.0113. The van der Waals surface area contributed by atoms with Crippen molar-refractivity contribution in [2.45, 2.75) is 45.8 Å². The summed E-state index contributed by atoms with van der Waals surface area (Å²) in [5.74, 6) is 0.987. The number of hydrogen-bond acceptors (Lipinski definition) is 2. The largest absolute Gasteiger partial charge is 0.487 e. The van der Waals surface area contributed by atoms with E-state index in [9.17, 15) is 0 Å². The Morgan fingerprint density at radius 3 is 2.62 bits per heavy atom. The molecule has 0 aliphatic carbocycles. The van der Waals surface area contributed by atoms with Gasteiger partial charge in [-0.2, -0.15) is 0 Å². The third-order valence-corrected chi connectivity index (χ3v) is 3.16. The summed E-state index contributed by atoms with van der Waals surface area (Å²) >= 11 is 0. The van der Waals surface area contributed by atoms with E-state index in [1.807, 2.05) is 0 Å². The molecule has 1 unspecified atom stereocenters. The topological polar surface area (TPSA) is 18.5 Å². The molecule has 0 amide bonds. The molecular formula is C14H20O2. The Labute approximate surface area is 97.6 Å². The number of fused-ring (bicyclic) bond motifs is 1. The minimum Gasteiger partial charge on any atom is -0.487 e. The first-order valence-corrected chi connectivity index (χ1v) is 5.76. The van der Waals surface area contributed by atoms with Gasteiger partial charge >= 0.3 is 0 Å². The van der Waals surface area contributed by atoms with Crippen molar-refractivity contribution in [1.82, 2.24) is 0 Å². The molecule has 0 fully saturated rings. The number of aryl methyl sites for hydroxylation is 2. The number of hydrogen-bond donors (Lipinski definition) is 0. The lowest BCUT2D eigenvalue weighted by Crippen LogP contribution is -2.35. The Morgan fingerprint density at radius 2 is 2.00 bits per heavy atom. The molecule has 0 aromatic heterocycles. The van der Waals surface area contributed by atoms with Gasteiger partial charge in [0.25, 0.3) is 0 Å². The zero-order valence-corrected chi connectivity index (χ0v) is 10.8. The van der Waals surface area contributed by atoms with Crippen molar-refractivity contribution in [3.8, 4) is 5.75 Å². The summed E-state index contributed by atoms with van der Waals surface area (Å²) in [5, 5.41) is 0. The van der Waals surface area contributed by atoms with Crippen LogP contribution >= 0.6 is 0 Å². The molecule has 1 aromatic carbocycles. The zero-order chi connectivity index (χ0) is 11.9. The Bertz CT molecular complexity index is 407. The minimum absolute atomic E-state index is 0.145. The minimum atomic E-state index is -0.145. The molecule has 0 saturated heterocycles. The van der Waals surface area contributed by atoms with E-state index in [1.165, 1.54) is 16.7 Å². The van der Waals surface area contributed by atoms with Crippen LogP contribution in [-0.4, -0.2) is 12.7 Å². The van der Waals surface area contributed by atoms with Crippen molar-refractivity contribution in [1.29, 1.82) is 0 Å². The molecule has 0 bridgehead atoms. The molecule has 0 spiro atoms. The number of benzene rings is 1. The summed E-state index contributed by atoms with van der Waals surface area (Å²) in [7, 11) is 1.77. The van der Waals surface area contributed by atoms with Crippen molar-refractivity contribution in [2.24, 2.45) is 0 Å². The molecule has 0 N–H and O–H groups in total. The van der Waals surface area contributed by atoms with Gasteiger partial charge in [-0.05, 0) is 44.9 Å². The second-order valence-corrected chi connectivity index (χ2v) is 5.28. The Morgan fingerprint density at radius 1 is 1.31 bits per heavy atom. The molecule has 88 valence electrons. The quantitative estimate of drug-likeness (QED) is 0.720. The lowest BCUT2D eigenvalue weighted by Gasteiger charge is -2.38. The zero-order valence-electron chi connectivity index (χ0n) is 10.8. The summed E-state index contributed by atoms with van der Waals surface area (Å²) in [4.78, 5) is 0. The highest BCUT2D eigenvalue weighted by atomic mass is 16.5. The van der Waals surface area contributed by atoms with Crippen molar-refractivity contribution in [2.75, 3.05) is 7.11 Å². The molecule has 0 saturated carbocycles. The SMILES string of the molecule is COC1CC(C)(C)Oc2cc(C)cc(C)c21. The fraction of sp³-hybridized carbons (Fsp3) is 0.571. The highest BCUT2D eigenvalue weighted by Crippen LogP contribution is 2.43. The van der Waals surface area contributed by atoms with Crippen LogP contribution < -0.4 is 4.74 Å². The average molecular weight is 220 g/mol. The number of ether oxygens (including phenoxy) is 2. The van der Waals surface area contributed by atoms with Gasteiger partial charge in [-0.3, -0.25) is 0 Å². The van der Waals surface area contributed by atoms with Crippen LogP contribution in [0.25, 0.3) is 0 Å². The molecule has 0 radical (unpaired) electrons. The highest BCUT2D eigenvalue weighted by molar-refractivity contribution is 5.46. The van der Waals surface area contributed by atoms with Gasteiger partial charge < -0.3 is 9.47 Å². The van der Waals surface area contributed by atoms with Gasteiger partial charge in [-0.15, -0.1) is 0 Å². The summed E-state index contributed by atoms with van der Waals surface area (Å²) in [6, 6.07) is 4.29. The van der Waals surface area contributed by atoms with Gasteiger partial charge in [0.15, 0.2) is 0 Å². The third kappa shape index (κ3) is 1.94. The average Bonchev–Trinajstić information content (AvgIpc) is 2.13. The first-order chi connectivity index (χ1) is 7.43. The van der Waals surface area contributed by atoms with Gasteiger partial charge in [-0.25, -0.2) is 0 Å². The van der Waals surface area contributed by atoms with Gasteiger partial charge in [0.1, 0.15) is 11.4 Å². The number of methoxy groups -OCH3 is 1. The molecule has 1 aliphatic heterocycles. The van der Waals surface area contributed by atoms with E-state index in [2.05, 4.69) is 39.8 Å². The second-order valence-electron chi connectivity index (χ2n) is 5.28. The smallest absolute Gasteiger partial charge is 0.126 e. The predicted molar refractivity (Wildman–Crippen MR) is 65.0 cm³/mol. The Kier molecular flexibility index (Phi) is 2.70. The van der Waals surface area contributed by atoms with Crippen molar-refractivity contribution in [3.63, 3.8) is 0 Å². The van der Waals surface area contributed by atoms with Crippen LogP contribution in [0.4, 0.5) is 0 Å². The molecule has 1 aromatic rings. The molecule has 1 atom stereocenters. The maximum Gasteiger partial charge on any atom is 0.126 e. The van der Waals surface area contributed by atoms with E-state index in [0.717, 1.165) is 12.2 Å². The molecule has 2 heteroatoms. The predicted octanol–water partition coefficient (Wildman–Crippen LogP) is 3.55. The maximum absolute atomic E-state index is 6.03. The van der Waals surface area contributed by atoms with Crippen molar-refractivity contribution >= 4 is 0 Å². The van der Waals surface area contributed by atoms with Crippen molar-refractivity contribution < 1.29 is 9.47 Å². The van der Waals surface area contributed by atoms with Crippen LogP contribution in [-0.2, 0) is 4.74 Å². The molecule has 2 nitrogen and oxygen atoms in total. The van der Waals surface area contributed by atoms with Crippen LogP contribution in [0.1, 0.15) is 43.1 Å². The summed E-state index contributed by atoms with van der Waals surface area (Å²) in [5.41, 5.74) is 3.57. The first-order valence-electron chi connectivity index (χ1n) is 5.76.